The molecular weight excluding hydrogens is 242 g/mol. The Balaban J connectivity index is 2.33. The molecule has 1 aliphatic rings. The molecule has 0 spiro atoms. The zero-order valence-corrected chi connectivity index (χ0v) is 9.98. The summed E-state index contributed by atoms with van der Waals surface area (Å²) in [7, 11) is 0. The van der Waals surface area contributed by atoms with Crippen LogP contribution < -0.4 is 4.90 Å². The van der Waals surface area contributed by atoms with Crippen molar-refractivity contribution in [2.75, 3.05) is 4.90 Å². The van der Waals surface area contributed by atoms with Crippen LogP contribution in [0.5, 0.6) is 0 Å². The van der Waals surface area contributed by atoms with Crippen LogP contribution in [-0.4, -0.2) is 15.3 Å². The molecule has 1 heterocycles. The van der Waals surface area contributed by atoms with Gasteiger partial charge in [0.1, 0.15) is 0 Å². The van der Waals surface area contributed by atoms with E-state index in [1.165, 1.54) is 16.7 Å². The summed E-state index contributed by atoms with van der Waals surface area (Å²) < 4.78 is 0.492. The van der Waals surface area contributed by atoms with Crippen molar-refractivity contribution in [1.82, 2.24) is 0 Å². The fraction of sp³-hybridized carbons (Fsp3) is 0.0909. The van der Waals surface area contributed by atoms with E-state index in [0.717, 1.165) is 5.56 Å². The normalized spacial score (nSPS) is 16.1. The SMILES string of the molecule is C=C1SC(=S)N(c2ccc(CO)cc2)C1=O. The molecular formula is C11H9NO2S2. The topological polar surface area (TPSA) is 40.5 Å². The van der Waals surface area contributed by atoms with Gasteiger partial charge in [0.05, 0.1) is 17.2 Å². The van der Waals surface area contributed by atoms with Gasteiger partial charge in [-0.1, -0.05) is 42.7 Å². The number of amides is 1. The number of carbonyl (C=O) groups is 1. The Morgan fingerprint density at radius 3 is 2.44 bits per heavy atom. The van der Waals surface area contributed by atoms with E-state index in [1.807, 2.05) is 0 Å². The van der Waals surface area contributed by atoms with E-state index in [1.54, 1.807) is 24.3 Å². The standard InChI is InChI=1S/C11H9NO2S2/c1-7-10(14)12(11(15)16-7)9-4-2-8(6-13)3-5-9/h2-5,13H,1,6H2. The quantitative estimate of drug-likeness (QED) is 0.645. The van der Waals surface area contributed by atoms with Gasteiger partial charge in [0.25, 0.3) is 5.91 Å². The number of rotatable bonds is 2. The maximum absolute atomic E-state index is 11.7. The number of aliphatic hydroxyl groups is 1. The molecule has 1 aromatic carbocycles. The number of nitrogens with zero attached hydrogens (tertiary/aromatic N) is 1. The third-order valence-corrected chi connectivity index (χ3v) is 3.42. The molecule has 1 aromatic rings. The summed E-state index contributed by atoms with van der Waals surface area (Å²) in [5.74, 6) is -0.174. The lowest BCUT2D eigenvalue weighted by Crippen LogP contribution is -2.27. The molecule has 0 unspecified atom stereocenters. The fourth-order valence-corrected chi connectivity index (χ4v) is 2.53. The van der Waals surface area contributed by atoms with Crippen LogP contribution in [0.3, 0.4) is 0 Å². The summed E-state index contributed by atoms with van der Waals surface area (Å²) in [4.78, 5) is 13.6. The Bertz CT molecular complexity index is 467. The van der Waals surface area contributed by atoms with E-state index in [9.17, 15) is 4.79 Å². The Hall–Kier alpha value is -1.17. The highest BCUT2D eigenvalue weighted by atomic mass is 32.2. The van der Waals surface area contributed by atoms with Gasteiger partial charge in [-0.2, -0.15) is 0 Å². The summed E-state index contributed by atoms with van der Waals surface area (Å²) >= 11 is 6.30. The molecule has 0 aliphatic carbocycles. The molecule has 82 valence electrons. The molecule has 1 N–H and O–H groups in total. The molecule has 1 amide bonds. The molecule has 0 saturated carbocycles. The van der Waals surface area contributed by atoms with Crippen molar-refractivity contribution in [2.24, 2.45) is 0 Å². The number of thioether (sulfide) groups is 1. The molecule has 0 aromatic heterocycles. The van der Waals surface area contributed by atoms with Crippen molar-refractivity contribution in [3.8, 4) is 0 Å². The lowest BCUT2D eigenvalue weighted by molar-refractivity contribution is -0.113. The molecule has 0 bridgehead atoms. The van der Waals surface area contributed by atoms with Gasteiger partial charge in [0, 0.05) is 0 Å². The third-order valence-electron chi connectivity index (χ3n) is 2.21. The minimum atomic E-state index is -0.174. The second-order valence-electron chi connectivity index (χ2n) is 3.26. The van der Waals surface area contributed by atoms with Gasteiger partial charge in [0.2, 0.25) is 0 Å². The first-order valence-electron chi connectivity index (χ1n) is 4.58. The second-order valence-corrected chi connectivity index (χ2v) is 4.99. The highest BCUT2D eigenvalue weighted by Crippen LogP contribution is 2.33. The van der Waals surface area contributed by atoms with E-state index < -0.39 is 0 Å². The van der Waals surface area contributed by atoms with Crippen molar-refractivity contribution < 1.29 is 9.90 Å². The number of anilines is 1. The summed E-state index contributed by atoms with van der Waals surface area (Å²) in [5.41, 5.74) is 1.51. The predicted octanol–water partition coefficient (Wildman–Crippen LogP) is 2.06. The Morgan fingerprint density at radius 1 is 1.38 bits per heavy atom. The Morgan fingerprint density at radius 2 is 2.00 bits per heavy atom. The van der Waals surface area contributed by atoms with Gasteiger partial charge < -0.3 is 5.11 Å². The molecule has 0 radical (unpaired) electrons. The van der Waals surface area contributed by atoms with E-state index in [0.29, 0.717) is 14.9 Å². The number of carbonyl (C=O) groups excluding carboxylic acids is 1. The minimum absolute atomic E-state index is 0.0138. The molecule has 1 saturated heterocycles. The summed E-state index contributed by atoms with van der Waals surface area (Å²) in [6.07, 6.45) is 0. The average Bonchev–Trinajstić information content (AvgIpc) is 2.54. The van der Waals surface area contributed by atoms with E-state index >= 15 is 0 Å². The monoisotopic (exact) mass is 251 g/mol. The summed E-state index contributed by atoms with van der Waals surface area (Å²) in [5, 5.41) is 8.92. The molecule has 1 aliphatic heterocycles. The van der Waals surface area contributed by atoms with Crippen molar-refractivity contribution >= 4 is 39.9 Å². The molecule has 1 fully saturated rings. The number of benzene rings is 1. The van der Waals surface area contributed by atoms with Crippen LogP contribution in [-0.2, 0) is 11.4 Å². The lowest BCUT2D eigenvalue weighted by Gasteiger charge is -2.14. The summed E-state index contributed by atoms with van der Waals surface area (Å²) in [6, 6.07) is 7.04. The third kappa shape index (κ3) is 1.89. The van der Waals surface area contributed by atoms with Crippen molar-refractivity contribution in [3.05, 3.63) is 41.3 Å². The van der Waals surface area contributed by atoms with Crippen LogP contribution in [0.2, 0.25) is 0 Å². The largest absolute Gasteiger partial charge is 0.392 e. The number of hydrogen-bond acceptors (Lipinski definition) is 4. The molecule has 2 rings (SSSR count). The van der Waals surface area contributed by atoms with Gasteiger partial charge >= 0.3 is 0 Å². The number of hydrogen-bond donors (Lipinski definition) is 1. The zero-order valence-electron chi connectivity index (χ0n) is 8.34. The molecule has 16 heavy (non-hydrogen) atoms. The van der Waals surface area contributed by atoms with Gasteiger partial charge in [-0.3, -0.25) is 9.69 Å². The predicted molar refractivity (Wildman–Crippen MR) is 69.2 cm³/mol. The fourth-order valence-electron chi connectivity index (χ4n) is 1.38. The first kappa shape index (κ1) is 11.3. The van der Waals surface area contributed by atoms with Crippen LogP contribution in [0.15, 0.2) is 35.7 Å². The number of thiocarbonyl (C=S) groups is 1. The Labute approximate surface area is 103 Å². The van der Waals surface area contributed by atoms with Gasteiger partial charge in [-0.05, 0) is 17.7 Å². The average molecular weight is 251 g/mol. The van der Waals surface area contributed by atoms with E-state index in [4.69, 9.17) is 17.3 Å². The van der Waals surface area contributed by atoms with Gasteiger partial charge in [-0.15, -0.1) is 0 Å². The smallest absolute Gasteiger partial charge is 0.270 e. The maximum Gasteiger partial charge on any atom is 0.270 e. The van der Waals surface area contributed by atoms with E-state index in [2.05, 4.69) is 6.58 Å². The van der Waals surface area contributed by atoms with Gasteiger partial charge in [0.15, 0.2) is 4.32 Å². The van der Waals surface area contributed by atoms with Crippen LogP contribution in [0.4, 0.5) is 5.69 Å². The minimum Gasteiger partial charge on any atom is -0.392 e. The van der Waals surface area contributed by atoms with Crippen LogP contribution in [0.25, 0.3) is 0 Å². The highest BCUT2D eigenvalue weighted by molar-refractivity contribution is 8.27. The van der Waals surface area contributed by atoms with E-state index in [-0.39, 0.29) is 12.5 Å². The summed E-state index contributed by atoms with van der Waals surface area (Å²) in [6.45, 7) is 3.63. The highest BCUT2D eigenvalue weighted by Gasteiger charge is 2.31. The molecule has 5 heteroatoms. The number of aliphatic hydroxyl groups excluding tert-OH is 1. The molecule has 0 atom stereocenters. The first-order chi connectivity index (χ1) is 7.63. The van der Waals surface area contributed by atoms with Crippen molar-refractivity contribution in [3.63, 3.8) is 0 Å². The van der Waals surface area contributed by atoms with Crippen LogP contribution in [0.1, 0.15) is 5.56 Å². The van der Waals surface area contributed by atoms with Crippen molar-refractivity contribution in [2.45, 2.75) is 6.61 Å². The first-order valence-corrected chi connectivity index (χ1v) is 5.81. The van der Waals surface area contributed by atoms with Gasteiger partial charge in [-0.25, -0.2) is 0 Å². The van der Waals surface area contributed by atoms with Crippen molar-refractivity contribution in [1.29, 1.82) is 0 Å². The Kier molecular flexibility index (Phi) is 3.09. The van der Waals surface area contributed by atoms with Crippen LogP contribution in [0, 0.1) is 0 Å². The molecule has 3 nitrogen and oxygen atoms in total. The second kappa shape index (κ2) is 4.37. The van der Waals surface area contributed by atoms with Crippen LogP contribution >= 0.6 is 24.0 Å². The zero-order chi connectivity index (χ0) is 11.7. The maximum atomic E-state index is 11.7. The lowest BCUT2D eigenvalue weighted by atomic mass is 10.2.